The predicted molar refractivity (Wildman–Crippen MR) is 103 cm³/mol. The van der Waals surface area contributed by atoms with Gasteiger partial charge in [-0.3, -0.25) is 4.98 Å². The zero-order valence-corrected chi connectivity index (χ0v) is 14.5. The minimum Gasteiger partial charge on any atom is -0.338 e. The minimum atomic E-state index is 0.715. The van der Waals surface area contributed by atoms with Crippen LogP contribution in [0.4, 0.5) is 0 Å². The molecule has 0 bridgehead atoms. The van der Waals surface area contributed by atoms with Crippen molar-refractivity contribution in [1.29, 1.82) is 0 Å². The first kappa shape index (κ1) is 14.6. The molecule has 2 aromatic carbocycles. The highest BCUT2D eigenvalue weighted by molar-refractivity contribution is 7.21. The molecule has 25 heavy (non-hydrogen) atoms. The molecule has 0 saturated heterocycles. The third kappa shape index (κ3) is 2.58. The van der Waals surface area contributed by atoms with Crippen LogP contribution in [0.3, 0.4) is 0 Å². The molecule has 4 nitrogen and oxygen atoms in total. The summed E-state index contributed by atoms with van der Waals surface area (Å²) in [5.41, 5.74) is 4.96. The Kier molecular flexibility index (Phi) is 3.29. The number of imidazole rings is 1. The van der Waals surface area contributed by atoms with Gasteiger partial charge in [-0.1, -0.05) is 11.6 Å². The van der Waals surface area contributed by atoms with Gasteiger partial charge in [-0.15, -0.1) is 11.3 Å². The van der Waals surface area contributed by atoms with Crippen molar-refractivity contribution in [3.8, 4) is 22.0 Å². The van der Waals surface area contributed by atoms with E-state index in [-0.39, 0.29) is 0 Å². The largest absolute Gasteiger partial charge is 0.338 e. The van der Waals surface area contributed by atoms with Crippen molar-refractivity contribution in [2.75, 3.05) is 0 Å². The lowest BCUT2D eigenvalue weighted by molar-refractivity contribution is 1.34. The second-order valence-corrected chi connectivity index (χ2v) is 7.15. The number of H-pyrrole nitrogens is 1. The molecular formula is C19H11ClN4S. The van der Waals surface area contributed by atoms with Gasteiger partial charge in [-0.25, -0.2) is 9.97 Å². The standard InChI is InChI=1S/C19H11ClN4S/c20-13-4-1-11(2-5-13)18-22-14-6-3-12(9-16(14)23-18)19-24-15-7-8-21-10-17(15)25-19/h1-10H,(H,22,23). The smallest absolute Gasteiger partial charge is 0.138 e. The Morgan fingerprint density at radius 1 is 0.880 bits per heavy atom. The Morgan fingerprint density at radius 3 is 2.56 bits per heavy atom. The first-order valence-electron chi connectivity index (χ1n) is 7.73. The third-order valence-corrected chi connectivity index (χ3v) is 5.34. The van der Waals surface area contributed by atoms with Crippen molar-refractivity contribution in [3.63, 3.8) is 0 Å². The van der Waals surface area contributed by atoms with Crippen LogP contribution >= 0.6 is 22.9 Å². The maximum atomic E-state index is 5.96. The lowest BCUT2D eigenvalue weighted by Gasteiger charge is -1.96. The molecule has 0 aliphatic carbocycles. The topological polar surface area (TPSA) is 54.5 Å². The van der Waals surface area contributed by atoms with Gasteiger partial charge in [-0.05, 0) is 48.5 Å². The van der Waals surface area contributed by atoms with E-state index in [1.807, 2.05) is 42.6 Å². The minimum absolute atomic E-state index is 0.715. The van der Waals surface area contributed by atoms with Crippen molar-refractivity contribution in [1.82, 2.24) is 19.9 Å². The number of aromatic nitrogens is 4. The predicted octanol–water partition coefficient (Wildman–Crippen LogP) is 5.56. The van der Waals surface area contributed by atoms with Gasteiger partial charge < -0.3 is 4.98 Å². The molecule has 0 atom stereocenters. The maximum Gasteiger partial charge on any atom is 0.138 e. The second kappa shape index (κ2) is 5.65. The number of hydrogen-bond acceptors (Lipinski definition) is 4. The monoisotopic (exact) mass is 362 g/mol. The summed E-state index contributed by atoms with van der Waals surface area (Å²) < 4.78 is 1.09. The Labute approximate surface area is 152 Å². The van der Waals surface area contributed by atoms with Gasteiger partial charge in [0, 0.05) is 28.5 Å². The average Bonchev–Trinajstić information content (AvgIpc) is 3.25. The molecule has 0 saturated carbocycles. The van der Waals surface area contributed by atoms with E-state index in [1.54, 1.807) is 17.5 Å². The van der Waals surface area contributed by atoms with Crippen molar-refractivity contribution in [3.05, 3.63) is 65.9 Å². The van der Waals surface area contributed by atoms with Gasteiger partial charge in [-0.2, -0.15) is 0 Å². The van der Waals surface area contributed by atoms with E-state index in [4.69, 9.17) is 16.6 Å². The van der Waals surface area contributed by atoms with Crippen LogP contribution in [0.2, 0.25) is 5.02 Å². The Morgan fingerprint density at radius 2 is 1.72 bits per heavy atom. The van der Waals surface area contributed by atoms with Gasteiger partial charge in [0.1, 0.15) is 10.8 Å². The van der Waals surface area contributed by atoms with Gasteiger partial charge in [0.15, 0.2) is 0 Å². The van der Waals surface area contributed by atoms with Crippen molar-refractivity contribution in [2.45, 2.75) is 0 Å². The molecule has 0 unspecified atom stereocenters. The molecule has 5 aromatic rings. The van der Waals surface area contributed by atoms with E-state index in [0.717, 1.165) is 43.2 Å². The molecule has 0 aliphatic heterocycles. The van der Waals surface area contributed by atoms with E-state index in [9.17, 15) is 0 Å². The van der Waals surface area contributed by atoms with E-state index in [0.29, 0.717) is 5.02 Å². The molecule has 0 radical (unpaired) electrons. The quantitative estimate of drug-likeness (QED) is 0.447. The van der Waals surface area contributed by atoms with Crippen molar-refractivity contribution < 1.29 is 0 Å². The summed E-state index contributed by atoms with van der Waals surface area (Å²) in [4.78, 5) is 16.9. The van der Waals surface area contributed by atoms with Crippen LogP contribution in [-0.4, -0.2) is 19.9 Å². The number of fused-ring (bicyclic) bond motifs is 2. The van der Waals surface area contributed by atoms with Crippen molar-refractivity contribution >= 4 is 44.2 Å². The van der Waals surface area contributed by atoms with E-state index < -0.39 is 0 Å². The molecule has 5 rings (SSSR count). The second-order valence-electron chi connectivity index (χ2n) is 5.69. The number of halogens is 1. The number of thiazole rings is 1. The zero-order valence-electron chi connectivity index (χ0n) is 12.9. The van der Waals surface area contributed by atoms with E-state index in [2.05, 4.69) is 27.1 Å². The number of aromatic amines is 1. The maximum absolute atomic E-state index is 5.96. The molecule has 6 heteroatoms. The first-order chi connectivity index (χ1) is 12.3. The van der Waals surface area contributed by atoms with Crippen LogP contribution < -0.4 is 0 Å². The highest BCUT2D eigenvalue weighted by Crippen LogP contribution is 2.31. The number of pyridine rings is 1. The SMILES string of the molecule is Clc1ccc(-c2nc3ccc(-c4nc5ccncc5s4)cc3[nH]2)cc1. The molecule has 1 N–H and O–H groups in total. The fourth-order valence-corrected chi connectivity index (χ4v) is 3.85. The summed E-state index contributed by atoms with van der Waals surface area (Å²) in [6, 6.07) is 15.7. The van der Waals surface area contributed by atoms with Crippen LogP contribution in [0.1, 0.15) is 0 Å². The van der Waals surface area contributed by atoms with Crippen LogP contribution in [0.25, 0.3) is 43.2 Å². The van der Waals surface area contributed by atoms with Crippen LogP contribution in [-0.2, 0) is 0 Å². The summed E-state index contributed by atoms with van der Waals surface area (Å²) in [6.45, 7) is 0. The highest BCUT2D eigenvalue weighted by Gasteiger charge is 2.10. The van der Waals surface area contributed by atoms with E-state index >= 15 is 0 Å². The number of benzene rings is 2. The Hall–Kier alpha value is -2.76. The highest BCUT2D eigenvalue weighted by atomic mass is 35.5. The fourth-order valence-electron chi connectivity index (χ4n) is 2.79. The summed E-state index contributed by atoms with van der Waals surface area (Å²) in [5, 5.41) is 1.69. The molecule has 3 heterocycles. The molecule has 0 amide bonds. The molecule has 0 aliphatic rings. The average molecular weight is 363 g/mol. The molecule has 120 valence electrons. The van der Waals surface area contributed by atoms with Crippen LogP contribution in [0.5, 0.6) is 0 Å². The van der Waals surface area contributed by atoms with Crippen molar-refractivity contribution in [2.24, 2.45) is 0 Å². The van der Waals surface area contributed by atoms with Gasteiger partial charge in [0.25, 0.3) is 0 Å². The summed E-state index contributed by atoms with van der Waals surface area (Å²) in [6.07, 6.45) is 3.62. The molecule has 0 fully saturated rings. The first-order valence-corrected chi connectivity index (χ1v) is 8.92. The van der Waals surface area contributed by atoms with Gasteiger partial charge in [0.05, 0.1) is 21.3 Å². The lowest BCUT2D eigenvalue weighted by Crippen LogP contribution is -1.78. The number of rotatable bonds is 2. The Bertz CT molecular complexity index is 1170. The fraction of sp³-hybridized carbons (Fsp3) is 0. The number of hydrogen-bond donors (Lipinski definition) is 1. The van der Waals surface area contributed by atoms with Crippen LogP contribution in [0, 0.1) is 0 Å². The summed E-state index contributed by atoms with van der Waals surface area (Å²) in [5.74, 6) is 0.831. The molecule has 3 aromatic heterocycles. The van der Waals surface area contributed by atoms with E-state index in [1.165, 1.54) is 0 Å². The lowest BCUT2D eigenvalue weighted by atomic mass is 10.2. The summed E-state index contributed by atoms with van der Waals surface area (Å²) >= 11 is 7.60. The zero-order chi connectivity index (χ0) is 16.8. The van der Waals surface area contributed by atoms with Gasteiger partial charge in [0.2, 0.25) is 0 Å². The normalized spacial score (nSPS) is 11.4. The summed E-state index contributed by atoms with van der Waals surface area (Å²) in [7, 11) is 0. The molecule has 0 spiro atoms. The third-order valence-electron chi connectivity index (χ3n) is 4.04. The van der Waals surface area contributed by atoms with Gasteiger partial charge >= 0.3 is 0 Å². The Balaban J connectivity index is 1.60. The molecular weight excluding hydrogens is 352 g/mol. The van der Waals surface area contributed by atoms with Crippen LogP contribution in [0.15, 0.2) is 60.9 Å². The number of nitrogens with zero attached hydrogens (tertiary/aromatic N) is 3. The number of nitrogens with one attached hydrogen (secondary N) is 1.